The summed E-state index contributed by atoms with van der Waals surface area (Å²) in [5, 5.41) is 21.1. The van der Waals surface area contributed by atoms with Gasteiger partial charge in [-0.3, -0.25) is 4.79 Å². The number of amides is 1. The van der Waals surface area contributed by atoms with Crippen LogP contribution in [0.2, 0.25) is 0 Å². The van der Waals surface area contributed by atoms with E-state index in [2.05, 4.69) is 33.4 Å². The Bertz CT molecular complexity index is 1100. The van der Waals surface area contributed by atoms with Gasteiger partial charge in [-0.05, 0) is 70.0 Å². The Labute approximate surface area is 212 Å². The summed E-state index contributed by atoms with van der Waals surface area (Å²) in [4.78, 5) is 22.6. The molecular weight excluding hydrogens is 458 g/mol. The molecular formula is C26H37N7O3. The van der Waals surface area contributed by atoms with Crippen molar-refractivity contribution < 1.29 is 14.6 Å². The van der Waals surface area contributed by atoms with Gasteiger partial charge in [-0.15, -0.1) is 5.10 Å². The Balaban J connectivity index is 1.73. The number of nitrogens with zero attached hydrogens (tertiary/aromatic N) is 5. The average molecular weight is 496 g/mol. The standard InChI is InChI=1S/C26H37N7O3/c1-17(16-36-4)30-26(27-3)31-33-18(2)22(14-23(33)19-5-7-21(34)8-6-19)20-9-10-28-24(13-20)32-12-11-29-25(35)15-32/h9-10,13-14,17,19,21,34H,3,5-8,11-12,15-16H2,1-2,4H3,(H,29,35)(H,30,31)/t17-,19-,21-/m0/s1. The second kappa shape index (κ2) is 11.7. The van der Waals surface area contributed by atoms with E-state index in [1.807, 2.05) is 35.6 Å². The number of methoxy groups -OCH3 is 1. The second-order valence-corrected chi connectivity index (χ2v) is 9.64. The van der Waals surface area contributed by atoms with E-state index in [0.29, 0.717) is 25.7 Å². The van der Waals surface area contributed by atoms with Crippen LogP contribution in [0.25, 0.3) is 11.1 Å². The van der Waals surface area contributed by atoms with Crippen molar-refractivity contribution in [3.05, 3.63) is 35.8 Å². The van der Waals surface area contributed by atoms with Gasteiger partial charge in [0.15, 0.2) is 0 Å². The van der Waals surface area contributed by atoms with Gasteiger partial charge in [-0.25, -0.2) is 14.7 Å². The summed E-state index contributed by atoms with van der Waals surface area (Å²) in [7, 11) is 1.66. The van der Waals surface area contributed by atoms with Gasteiger partial charge in [0.1, 0.15) is 5.82 Å². The molecule has 0 bridgehead atoms. The molecule has 10 nitrogen and oxygen atoms in total. The summed E-state index contributed by atoms with van der Waals surface area (Å²) in [6.45, 7) is 9.92. The highest BCUT2D eigenvalue weighted by molar-refractivity contribution is 5.84. The average Bonchev–Trinajstić information content (AvgIpc) is 3.20. The number of aliphatic hydroxyl groups is 1. The maximum absolute atomic E-state index is 11.9. The highest BCUT2D eigenvalue weighted by Gasteiger charge is 2.27. The quantitative estimate of drug-likeness (QED) is 0.401. The van der Waals surface area contributed by atoms with Gasteiger partial charge in [0, 0.05) is 55.3 Å². The Hall–Kier alpha value is -3.24. The third-order valence-corrected chi connectivity index (χ3v) is 6.91. The van der Waals surface area contributed by atoms with Crippen LogP contribution in [0.3, 0.4) is 0 Å². The normalized spacial score (nSPS) is 21.7. The molecule has 36 heavy (non-hydrogen) atoms. The van der Waals surface area contributed by atoms with Crippen molar-refractivity contribution in [3.8, 4) is 11.1 Å². The van der Waals surface area contributed by atoms with Crippen LogP contribution in [0.5, 0.6) is 0 Å². The fourth-order valence-corrected chi connectivity index (χ4v) is 5.01. The van der Waals surface area contributed by atoms with Gasteiger partial charge in [0.2, 0.25) is 11.9 Å². The number of carbonyl (C=O) groups excluding carboxylic acids is 1. The maximum Gasteiger partial charge on any atom is 0.240 e. The molecule has 1 aliphatic carbocycles. The van der Waals surface area contributed by atoms with Crippen LogP contribution >= 0.6 is 0 Å². The van der Waals surface area contributed by atoms with Gasteiger partial charge in [0.05, 0.1) is 19.3 Å². The predicted octanol–water partition coefficient (Wildman–Crippen LogP) is 2.26. The van der Waals surface area contributed by atoms with Crippen molar-refractivity contribution in [1.82, 2.24) is 20.3 Å². The molecule has 1 saturated heterocycles. The number of hydrogen-bond acceptors (Lipinski definition) is 6. The molecule has 2 aromatic rings. The van der Waals surface area contributed by atoms with Crippen molar-refractivity contribution in [1.29, 1.82) is 0 Å². The summed E-state index contributed by atoms with van der Waals surface area (Å²) >= 11 is 0. The van der Waals surface area contributed by atoms with Crippen LogP contribution in [0, 0.1) is 6.92 Å². The molecule has 10 heteroatoms. The Kier molecular flexibility index (Phi) is 8.37. The molecule has 1 aliphatic heterocycles. The van der Waals surface area contributed by atoms with Crippen LogP contribution in [0.4, 0.5) is 5.82 Å². The Morgan fingerprint density at radius 3 is 2.83 bits per heavy atom. The van der Waals surface area contributed by atoms with Gasteiger partial charge in [0.25, 0.3) is 0 Å². The molecule has 2 fully saturated rings. The molecule has 4 rings (SSSR count). The number of aromatic nitrogens is 2. The lowest BCUT2D eigenvalue weighted by molar-refractivity contribution is -0.120. The molecule has 194 valence electrons. The first kappa shape index (κ1) is 25.8. The minimum atomic E-state index is -0.236. The van der Waals surface area contributed by atoms with E-state index in [1.165, 1.54) is 0 Å². The van der Waals surface area contributed by atoms with E-state index < -0.39 is 0 Å². The molecule has 1 atom stereocenters. The van der Waals surface area contributed by atoms with E-state index in [4.69, 9.17) is 9.84 Å². The number of guanidine groups is 1. The Morgan fingerprint density at radius 2 is 2.14 bits per heavy atom. The molecule has 2 aromatic heterocycles. The van der Waals surface area contributed by atoms with Gasteiger partial charge in [-0.1, -0.05) is 0 Å². The van der Waals surface area contributed by atoms with Crippen LogP contribution in [0.15, 0.2) is 34.5 Å². The lowest BCUT2D eigenvalue weighted by atomic mass is 9.85. The summed E-state index contributed by atoms with van der Waals surface area (Å²) in [5.41, 5.74) is 4.14. The molecule has 0 aromatic carbocycles. The molecule has 2 aliphatic rings. The van der Waals surface area contributed by atoms with E-state index in [0.717, 1.165) is 60.6 Å². The number of nitrogens with one attached hydrogen (secondary N) is 2. The number of aliphatic imine (C=N–C) groups is 1. The van der Waals surface area contributed by atoms with Crippen molar-refractivity contribution >= 4 is 24.4 Å². The lowest BCUT2D eigenvalue weighted by Crippen LogP contribution is -2.48. The van der Waals surface area contributed by atoms with Gasteiger partial charge >= 0.3 is 0 Å². The summed E-state index contributed by atoms with van der Waals surface area (Å²) in [5.74, 6) is 1.49. The number of rotatable bonds is 7. The second-order valence-electron chi connectivity index (χ2n) is 9.64. The fraction of sp³-hybridized carbons (Fsp3) is 0.538. The van der Waals surface area contributed by atoms with E-state index in [-0.39, 0.29) is 24.0 Å². The monoisotopic (exact) mass is 495 g/mol. The number of anilines is 1. The van der Waals surface area contributed by atoms with E-state index in [1.54, 1.807) is 13.3 Å². The topological polar surface area (TPSA) is 116 Å². The Morgan fingerprint density at radius 1 is 1.36 bits per heavy atom. The van der Waals surface area contributed by atoms with Crippen LogP contribution < -0.4 is 15.5 Å². The lowest BCUT2D eigenvalue weighted by Gasteiger charge is -2.27. The van der Waals surface area contributed by atoms with Gasteiger partial charge < -0.3 is 25.4 Å². The summed E-state index contributed by atoms with van der Waals surface area (Å²) in [6, 6.07) is 6.24. The van der Waals surface area contributed by atoms with Crippen LogP contribution in [0.1, 0.15) is 49.9 Å². The zero-order valence-corrected chi connectivity index (χ0v) is 21.4. The largest absolute Gasteiger partial charge is 0.393 e. The molecule has 0 spiro atoms. The number of ether oxygens (including phenoxy) is 1. The number of piperazine rings is 1. The minimum absolute atomic E-state index is 0.00607. The van der Waals surface area contributed by atoms with Crippen molar-refractivity contribution in [2.45, 2.75) is 57.6 Å². The maximum atomic E-state index is 11.9. The molecule has 3 N–H and O–H groups in total. The smallest absolute Gasteiger partial charge is 0.240 e. The molecule has 3 heterocycles. The molecule has 0 unspecified atom stereocenters. The first-order chi connectivity index (χ1) is 17.4. The zero-order valence-electron chi connectivity index (χ0n) is 21.4. The first-order valence-corrected chi connectivity index (χ1v) is 12.6. The predicted molar refractivity (Wildman–Crippen MR) is 142 cm³/mol. The van der Waals surface area contributed by atoms with E-state index in [9.17, 15) is 9.90 Å². The molecule has 0 radical (unpaired) electrons. The molecule has 1 amide bonds. The fourth-order valence-electron chi connectivity index (χ4n) is 5.01. The van der Waals surface area contributed by atoms with Crippen molar-refractivity contribution in [2.75, 3.05) is 38.3 Å². The first-order valence-electron chi connectivity index (χ1n) is 12.6. The third-order valence-electron chi connectivity index (χ3n) is 6.91. The number of pyridine rings is 1. The highest BCUT2D eigenvalue weighted by Crippen LogP contribution is 2.38. The van der Waals surface area contributed by atoms with Crippen molar-refractivity contribution in [3.63, 3.8) is 0 Å². The van der Waals surface area contributed by atoms with Crippen molar-refractivity contribution in [2.24, 2.45) is 10.1 Å². The number of carbonyl (C=O) groups is 1. The van der Waals surface area contributed by atoms with E-state index >= 15 is 0 Å². The highest BCUT2D eigenvalue weighted by atomic mass is 16.5. The minimum Gasteiger partial charge on any atom is -0.393 e. The summed E-state index contributed by atoms with van der Waals surface area (Å²) < 4.78 is 7.20. The number of aliphatic hydroxyl groups excluding tert-OH is 1. The zero-order chi connectivity index (χ0) is 25.7. The number of hydrogen-bond donors (Lipinski definition) is 3. The summed E-state index contributed by atoms with van der Waals surface area (Å²) in [6.07, 6.45) is 4.90. The third kappa shape index (κ3) is 5.93. The molecule has 1 saturated carbocycles. The van der Waals surface area contributed by atoms with Gasteiger partial charge in [-0.2, -0.15) is 0 Å². The van der Waals surface area contributed by atoms with Crippen LogP contribution in [-0.2, 0) is 9.53 Å². The SMILES string of the molecule is C=N/C(=N\n1c(C)c(-c2ccnc(N3CCNC(=O)C3)c2)cc1[C@H]1CC[C@H](O)CC1)N[C@@H](C)COC. The van der Waals surface area contributed by atoms with Crippen LogP contribution in [-0.4, -0.2) is 78.8 Å².